The predicted molar refractivity (Wildman–Crippen MR) is 48.1 cm³/mol. The normalized spacial score (nSPS) is 20.2. The Morgan fingerprint density at radius 1 is 1.10 bits per heavy atom. The molecule has 0 aliphatic rings. The van der Waals surface area contributed by atoms with Crippen molar-refractivity contribution in [2.24, 2.45) is 0 Å². The SMILES string of the molecule is [2H]C([2H])([2H])C(=CCCC=C(C)C)C([2H])([2H])[2H]. The van der Waals surface area contributed by atoms with Gasteiger partial charge in [-0.2, -0.15) is 0 Å². The van der Waals surface area contributed by atoms with Gasteiger partial charge in [0, 0.05) is 8.22 Å². The molecule has 0 aromatic rings. The molecule has 0 heteroatoms. The Kier molecular flexibility index (Phi) is 1.72. The van der Waals surface area contributed by atoms with Crippen LogP contribution in [0.2, 0.25) is 0 Å². The first-order chi connectivity index (χ1) is 7.05. The third-order valence-electron chi connectivity index (χ3n) is 1.07. The van der Waals surface area contributed by atoms with Crippen molar-refractivity contribution in [1.29, 1.82) is 0 Å². The van der Waals surface area contributed by atoms with Gasteiger partial charge in [0.25, 0.3) is 0 Å². The molecule has 0 saturated heterocycles. The van der Waals surface area contributed by atoms with Crippen molar-refractivity contribution in [3.05, 3.63) is 23.3 Å². The van der Waals surface area contributed by atoms with E-state index in [0.717, 1.165) is 5.57 Å². The molecule has 10 heavy (non-hydrogen) atoms. The van der Waals surface area contributed by atoms with Crippen LogP contribution < -0.4 is 0 Å². The summed E-state index contributed by atoms with van der Waals surface area (Å²) in [6.45, 7) is -1.18. The first kappa shape index (κ1) is 3.25. The molecule has 0 bridgehead atoms. The van der Waals surface area contributed by atoms with Gasteiger partial charge in [-0.25, -0.2) is 0 Å². The summed E-state index contributed by atoms with van der Waals surface area (Å²) in [5.74, 6) is 0. The Hall–Kier alpha value is -0.520. The fourth-order valence-corrected chi connectivity index (χ4v) is 0.600. The van der Waals surface area contributed by atoms with Crippen LogP contribution in [0.5, 0.6) is 0 Å². The van der Waals surface area contributed by atoms with Crippen molar-refractivity contribution in [2.75, 3.05) is 0 Å². The van der Waals surface area contributed by atoms with Crippen LogP contribution in [-0.4, -0.2) is 0 Å². The van der Waals surface area contributed by atoms with E-state index in [4.69, 9.17) is 8.22 Å². The quantitative estimate of drug-likeness (QED) is 0.418. The Bertz CT molecular complexity index is 259. The van der Waals surface area contributed by atoms with Gasteiger partial charge in [0.05, 0.1) is 0 Å². The summed E-state index contributed by atoms with van der Waals surface area (Å²) in [5.41, 5.74) is 0.708. The van der Waals surface area contributed by atoms with E-state index < -0.39 is 19.3 Å². The van der Waals surface area contributed by atoms with Crippen molar-refractivity contribution in [3.8, 4) is 0 Å². The van der Waals surface area contributed by atoms with Crippen molar-refractivity contribution < 1.29 is 8.22 Å². The van der Waals surface area contributed by atoms with E-state index >= 15 is 0 Å². The van der Waals surface area contributed by atoms with Gasteiger partial charge in [-0.05, 0) is 40.4 Å². The predicted octanol–water partition coefficient (Wildman–Crippen LogP) is 3.70. The van der Waals surface area contributed by atoms with Crippen LogP contribution >= 0.6 is 0 Å². The molecule has 0 heterocycles. The van der Waals surface area contributed by atoms with Crippen LogP contribution in [0, 0.1) is 0 Å². The Morgan fingerprint density at radius 3 is 2.00 bits per heavy atom. The molecule has 0 aromatic carbocycles. The lowest BCUT2D eigenvalue weighted by molar-refractivity contribution is 1.02. The Balaban J connectivity index is 4.68. The third kappa shape index (κ3) is 7.48. The highest BCUT2D eigenvalue weighted by atomic mass is 13.9. The van der Waals surface area contributed by atoms with Gasteiger partial charge in [-0.3, -0.25) is 0 Å². The fraction of sp³-hybridized carbons (Fsp3) is 0.600. The van der Waals surface area contributed by atoms with Gasteiger partial charge in [-0.15, -0.1) is 0 Å². The summed E-state index contributed by atoms with van der Waals surface area (Å²) in [7, 11) is 0. The van der Waals surface area contributed by atoms with E-state index in [1.807, 2.05) is 19.9 Å². The van der Waals surface area contributed by atoms with E-state index in [1.165, 1.54) is 6.08 Å². The van der Waals surface area contributed by atoms with Crippen LogP contribution in [0.25, 0.3) is 0 Å². The molecule has 0 saturated carbocycles. The third-order valence-corrected chi connectivity index (χ3v) is 1.07. The maximum absolute atomic E-state index is 7.15. The smallest absolute Gasteiger partial charge is 0.0276 e. The van der Waals surface area contributed by atoms with Gasteiger partial charge in [0.15, 0.2) is 0 Å². The van der Waals surface area contributed by atoms with Crippen molar-refractivity contribution >= 4 is 0 Å². The van der Waals surface area contributed by atoms with Gasteiger partial charge < -0.3 is 0 Å². The molecule has 0 radical (unpaired) electrons. The number of rotatable bonds is 3. The largest absolute Gasteiger partial charge is 0.0856 e. The summed E-state index contributed by atoms with van der Waals surface area (Å²) in [6, 6.07) is 0. The van der Waals surface area contributed by atoms with E-state index in [0.29, 0.717) is 12.8 Å². The van der Waals surface area contributed by atoms with Crippen LogP contribution in [0.3, 0.4) is 0 Å². The molecule has 0 nitrogen and oxygen atoms in total. The summed E-state index contributed by atoms with van der Waals surface area (Å²) in [5, 5.41) is 0. The minimum absolute atomic E-state index is 0.429. The molecule has 0 aliphatic heterocycles. The van der Waals surface area contributed by atoms with E-state index in [9.17, 15) is 0 Å². The molecule has 0 unspecified atom stereocenters. The topological polar surface area (TPSA) is 0 Å². The standard InChI is InChI=1S/C10H18/c1-9(2)7-5-6-8-10(3)4/h7-8H,5-6H2,1-4H3/i1D3,2D3. The molecule has 0 N–H and O–H groups in total. The lowest BCUT2D eigenvalue weighted by atomic mass is 10.2. The molecule has 0 amide bonds. The monoisotopic (exact) mass is 144 g/mol. The number of hydrogen-bond donors (Lipinski definition) is 0. The van der Waals surface area contributed by atoms with Gasteiger partial charge in [0.2, 0.25) is 0 Å². The highest BCUT2D eigenvalue weighted by Crippen LogP contribution is 2.00. The minimum Gasteiger partial charge on any atom is -0.0856 e. The molecule has 0 aromatic heterocycles. The second kappa shape index (κ2) is 5.28. The average molecular weight is 144 g/mol. The maximum Gasteiger partial charge on any atom is 0.0276 e. The van der Waals surface area contributed by atoms with Crippen molar-refractivity contribution in [3.63, 3.8) is 0 Å². The number of hydrogen-bond acceptors (Lipinski definition) is 0. The molecule has 0 atom stereocenters. The molecule has 58 valence electrons. The minimum atomic E-state index is -2.53. The fourth-order valence-electron chi connectivity index (χ4n) is 0.600. The van der Waals surface area contributed by atoms with Gasteiger partial charge in [0.1, 0.15) is 0 Å². The summed E-state index contributed by atoms with van der Waals surface area (Å²) >= 11 is 0. The molecule has 0 aliphatic carbocycles. The van der Waals surface area contributed by atoms with Crippen LogP contribution in [-0.2, 0) is 0 Å². The second-order valence-corrected chi connectivity index (χ2v) is 2.48. The van der Waals surface area contributed by atoms with Crippen LogP contribution in [0.4, 0.5) is 0 Å². The molecule has 0 rings (SSSR count). The number of unbranched alkanes of at least 4 members (excludes halogenated alkanes) is 1. The maximum atomic E-state index is 7.15. The highest BCUT2D eigenvalue weighted by Gasteiger charge is 1.79. The van der Waals surface area contributed by atoms with Crippen LogP contribution in [0.15, 0.2) is 23.3 Å². The Morgan fingerprint density at radius 2 is 1.60 bits per heavy atom. The number of allylic oxidation sites excluding steroid dienone is 4. The van der Waals surface area contributed by atoms with Crippen LogP contribution in [0.1, 0.15) is 48.6 Å². The van der Waals surface area contributed by atoms with Gasteiger partial charge >= 0.3 is 0 Å². The van der Waals surface area contributed by atoms with Crippen molar-refractivity contribution in [2.45, 2.75) is 40.4 Å². The summed E-state index contributed by atoms with van der Waals surface area (Å²) in [4.78, 5) is 0. The van der Waals surface area contributed by atoms with Crippen molar-refractivity contribution in [1.82, 2.24) is 0 Å². The molecular formula is C10H18. The van der Waals surface area contributed by atoms with Gasteiger partial charge in [-0.1, -0.05) is 23.3 Å². The summed E-state index contributed by atoms with van der Waals surface area (Å²) in [6.07, 6.45) is 4.38. The highest BCUT2D eigenvalue weighted by molar-refractivity contribution is 4.98. The zero-order valence-corrected chi connectivity index (χ0v) is 6.57. The summed E-state index contributed by atoms with van der Waals surface area (Å²) < 4.78 is 42.9. The lowest BCUT2D eigenvalue weighted by Gasteiger charge is -1.90. The average Bonchev–Trinajstić information content (AvgIpc) is 1.97. The first-order valence-electron chi connectivity index (χ1n) is 6.39. The second-order valence-electron chi connectivity index (χ2n) is 2.48. The van der Waals surface area contributed by atoms with E-state index in [1.54, 1.807) is 0 Å². The molecule has 0 spiro atoms. The zero-order valence-electron chi connectivity index (χ0n) is 12.6. The lowest BCUT2D eigenvalue weighted by Crippen LogP contribution is -1.69. The molecular weight excluding hydrogens is 120 g/mol. The molecule has 0 fully saturated rings. The van der Waals surface area contributed by atoms with E-state index in [2.05, 4.69) is 0 Å². The Labute approximate surface area is 73.1 Å². The zero-order chi connectivity index (χ0) is 13.0. The van der Waals surface area contributed by atoms with E-state index in [-0.39, 0.29) is 0 Å². The first-order valence-corrected chi connectivity index (χ1v) is 3.39.